The van der Waals surface area contributed by atoms with Crippen LogP contribution in [-0.2, 0) is 0 Å². The Labute approximate surface area is 118 Å². The Morgan fingerprint density at radius 1 is 1.21 bits per heavy atom. The standard InChI is InChI=1S/C16H15ClO2/c1-3-19-14-6-4-5-12(10-14)16(18)15-8-7-13(17)9-11(15)2/h4-10H,3H2,1-2H3. The predicted octanol–water partition coefficient (Wildman–Crippen LogP) is 4.28. The summed E-state index contributed by atoms with van der Waals surface area (Å²) in [5.74, 6) is 0.690. The molecule has 0 heterocycles. The fourth-order valence-corrected chi connectivity index (χ4v) is 2.16. The smallest absolute Gasteiger partial charge is 0.193 e. The van der Waals surface area contributed by atoms with Crippen LogP contribution in [0.1, 0.15) is 28.4 Å². The van der Waals surface area contributed by atoms with Crippen LogP contribution < -0.4 is 4.74 Å². The summed E-state index contributed by atoms with van der Waals surface area (Å²) in [6.07, 6.45) is 0. The minimum atomic E-state index is -0.0179. The van der Waals surface area contributed by atoms with Gasteiger partial charge in [-0.15, -0.1) is 0 Å². The van der Waals surface area contributed by atoms with Gasteiger partial charge in [-0.25, -0.2) is 0 Å². The van der Waals surface area contributed by atoms with Crippen LogP contribution in [0.15, 0.2) is 42.5 Å². The van der Waals surface area contributed by atoms with Crippen LogP contribution in [0.25, 0.3) is 0 Å². The van der Waals surface area contributed by atoms with Gasteiger partial charge < -0.3 is 4.74 Å². The Bertz CT molecular complexity index is 605. The maximum atomic E-state index is 12.4. The molecule has 0 bridgehead atoms. The van der Waals surface area contributed by atoms with E-state index in [4.69, 9.17) is 16.3 Å². The van der Waals surface area contributed by atoms with E-state index in [0.29, 0.717) is 28.5 Å². The maximum Gasteiger partial charge on any atom is 0.193 e. The molecule has 0 radical (unpaired) electrons. The molecule has 0 amide bonds. The molecule has 0 spiro atoms. The van der Waals surface area contributed by atoms with Crippen molar-refractivity contribution < 1.29 is 9.53 Å². The molecule has 19 heavy (non-hydrogen) atoms. The van der Waals surface area contributed by atoms with E-state index in [0.717, 1.165) is 5.56 Å². The minimum absolute atomic E-state index is 0.0179. The van der Waals surface area contributed by atoms with Crippen LogP contribution in [0.5, 0.6) is 5.75 Å². The molecular weight excluding hydrogens is 260 g/mol. The van der Waals surface area contributed by atoms with Crippen molar-refractivity contribution in [1.82, 2.24) is 0 Å². The van der Waals surface area contributed by atoms with E-state index in [1.54, 1.807) is 30.3 Å². The Morgan fingerprint density at radius 3 is 2.68 bits per heavy atom. The van der Waals surface area contributed by atoms with Crippen molar-refractivity contribution in [1.29, 1.82) is 0 Å². The van der Waals surface area contributed by atoms with Crippen molar-refractivity contribution in [3.05, 3.63) is 64.2 Å². The first-order chi connectivity index (χ1) is 9.11. The fraction of sp³-hybridized carbons (Fsp3) is 0.188. The summed E-state index contributed by atoms with van der Waals surface area (Å²) in [5, 5.41) is 0.636. The van der Waals surface area contributed by atoms with E-state index in [-0.39, 0.29) is 5.78 Å². The van der Waals surface area contributed by atoms with Gasteiger partial charge in [-0.2, -0.15) is 0 Å². The van der Waals surface area contributed by atoms with Gasteiger partial charge >= 0.3 is 0 Å². The third-order valence-electron chi connectivity index (χ3n) is 2.84. The molecule has 0 saturated heterocycles. The Kier molecular flexibility index (Phi) is 4.23. The monoisotopic (exact) mass is 274 g/mol. The minimum Gasteiger partial charge on any atom is -0.494 e. The van der Waals surface area contributed by atoms with Crippen molar-refractivity contribution in [3.63, 3.8) is 0 Å². The van der Waals surface area contributed by atoms with Gasteiger partial charge in [0.15, 0.2) is 5.78 Å². The number of carbonyl (C=O) groups is 1. The molecule has 2 aromatic carbocycles. The predicted molar refractivity (Wildman–Crippen MR) is 77.2 cm³/mol. The molecule has 0 aliphatic rings. The van der Waals surface area contributed by atoms with Gasteiger partial charge in [0.25, 0.3) is 0 Å². The molecule has 0 N–H and O–H groups in total. The van der Waals surface area contributed by atoms with Crippen LogP contribution in [0.3, 0.4) is 0 Å². The average Bonchev–Trinajstić information content (AvgIpc) is 2.39. The van der Waals surface area contributed by atoms with Crippen molar-refractivity contribution in [2.45, 2.75) is 13.8 Å². The number of hydrogen-bond acceptors (Lipinski definition) is 2. The summed E-state index contributed by atoms with van der Waals surface area (Å²) in [4.78, 5) is 12.4. The number of halogens is 1. The van der Waals surface area contributed by atoms with E-state index in [1.807, 2.05) is 26.0 Å². The van der Waals surface area contributed by atoms with Crippen molar-refractivity contribution >= 4 is 17.4 Å². The molecular formula is C16H15ClO2. The zero-order chi connectivity index (χ0) is 13.8. The second-order valence-corrected chi connectivity index (χ2v) is 4.69. The highest BCUT2D eigenvalue weighted by Crippen LogP contribution is 2.21. The van der Waals surface area contributed by atoms with Crippen molar-refractivity contribution in [2.75, 3.05) is 6.61 Å². The zero-order valence-corrected chi connectivity index (χ0v) is 11.7. The quantitative estimate of drug-likeness (QED) is 0.778. The first-order valence-electron chi connectivity index (χ1n) is 6.15. The number of rotatable bonds is 4. The lowest BCUT2D eigenvalue weighted by atomic mass is 9.99. The van der Waals surface area contributed by atoms with Gasteiger partial charge in [-0.05, 0) is 49.7 Å². The first-order valence-corrected chi connectivity index (χ1v) is 6.53. The highest BCUT2D eigenvalue weighted by atomic mass is 35.5. The molecule has 2 nitrogen and oxygen atoms in total. The van der Waals surface area contributed by atoms with Crippen LogP contribution in [-0.4, -0.2) is 12.4 Å². The third kappa shape index (κ3) is 3.15. The molecule has 2 aromatic rings. The van der Waals surface area contributed by atoms with E-state index in [2.05, 4.69) is 0 Å². The van der Waals surface area contributed by atoms with Gasteiger partial charge in [0.1, 0.15) is 5.75 Å². The number of hydrogen-bond donors (Lipinski definition) is 0. The SMILES string of the molecule is CCOc1cccc(C(=O)c2ccc(Cl)cc2C)c1. The normalized spacial score (nSPS) is 10.3. The third-order valence-corrected chi connectivity index (χ3v) is 3.08. The summed E-state index contributed by atoms with van der Waals surface area (Å²) in [6.45, 7) is 4.38. The van der Waals surface area contributed by atoms with Gasteiger partial charge in [0, 0.05) is 16.1 Å². The molecule has 0 unspecified atom stereocenters. The Balaban J connectivity index is 2.35. The van der Waals surface area contributed by atoms with Gasteiger partial charge in [0.05, 0.1) is 6.61 Å². The van der Waals surface area contributed by atoms with Gasteiger partial charge in [-0.1, -0.05) is 23.7 Å². The first kappa shape index (κ1) is 13.6. The summed E-state index contributed by atoms with van der Waals surface area (Å²) in [7, 11) is 0. The number of ketones is 1. The topological polar surface area (TPSA) is 26.3 Å². The van der Waals surface area contributed by atoms with Crippen LogP contribution in [0.4, 0.5) is 0 Å². The second kappa shape index (κ2) is 5.89. The van der Waals surface area contributed by atoms with Crippen LogP contribution in [0.2, 0.25) is 5.02 Å². The number of ether oxygens (including phenoxy) is 1. The highest BCUT2D eigenvalue weighted by molar-refractivity contribution is 6.30. The molecule has 0 aromatic heterocycles. The maximum absolute atomic E-state index is 12.4. The second-order valence-electron chi connectivity index (χ2n) is 4.25. The molecule has 0 aliphatic carbocycles. The van der Waals surface area contributed by atoms with Crippen molar-refractivity contribution in [2.24, 2.45) is 0 Å². The Morgan fingerprint density at radius 2 is 2.00 bits per heavy atom. The highest BCUT2D eigenvalue weighted by Gasteiger charge is 2.12. The van der Waals surface area contributed by atoms with Crippen LogP contribution in [0, 0.1) is 6.92 Å². The lowest BCUT2D eigenvalue weighted by molar-refractivity contribution is 0.103. The van der Waals surface area contributed by atoms with Gasteiger partial charge in [-0.3, -0.25) is 4.79 Å². The molecule has 0 fully saturated rings. The van der Waals surface area contributed by atoms with E-state index in [1.165, 1.54) is 0 Å². The molecule has 98 valence electrons. The number of benzene rings is 2. The molecule has 3 heteroatoms. The summed E-state index contributed by atoms with van der Waals surface area (Å²) in [5.41, 5.74) is 2.16. The molecule has 0 saturated carbocycles. The Hall–Kier alpha value is -1.80. The van der Waals surface area contributed by atoms with E-state index >= 15 is 0 Å². The fourth-order valence-electron chi connectivity index (χ4n) is 1.93. The molecule has 0 atom stereocenters. The lowest BCUT2D eigenvalue weighted by Crippen LogP contribution is -2.04. The molecule has 0 aliphatic heterocycles. The van der Waals surface area contributed by atoms with Crippen LogP contribution >= 0.6 is 11.6 Å². The molecule has 2 rings (SSSR count). The summed E-state index contributed by atoms with van der Waals surface area (Å²) < 4.78 is 5.41. The number of carbonyl (C=O) groups excluding carboxylic acids is 1. The van der Waals surface area contributed by atoms with E-state index in [9.17, 15) is 4.79 Å². The number of aryl methyl sites for hydroxylation is 1. The summed E-state index contributed by atoms with van der Waals surface area (Å²) in [6, 6.07) is 12.5. The van der Waals surface area contributed by atoms with E-state index < -0.39 is 0 Å². The average molecular weight is 275 g/mol. The van der Waals surface area contributed by atoms with Gasteiger partial charge in [0.2, 0.25) is 0 Å². The van der Waals surface area contributed by atoms with Crippen molar-refractivity contribution in [3.8, 4) is 5.75 Å². The zero-order valence-electron chi connectivity index (χ0n) is 10.9. The lowest BCUT2D eigenvalue weighted by Gasteiger charge is -2.08. The largest absolute Gasteiger partial charge is 0.494 e. The summed E-state index contributed by atoms with van der Waals surface area (Å²) >= 11 is 5.90.